The Morgan fingerprint density at radius 2 is 1.87 bits per heavy atom. The molecule has 0 saturated carbocycles. The molecule has 2 rings (SSSR count). The van der Waals surface area contributed by atoms with E-state index in [1.807, 2.05) is 35.7 Å². The van der Waals surface area contributed by atoms with E-state index in [4.69, 9.17) is 11.6 Å². The number of rotatable bonds is 2. The summed E-state index contributed by atoms with van der Waals surface area (Å²) in [4.78, 5) is 12.2. The van der Waals surface area contributed by atoms with Crippen LogP contribution >= 0.6 is 22.9 Å². The number of hydrogen-bond donors (Lipinski definition) is 0. The van der Waals surface area contributed by atoms with Crippen LogP contribution in [0.4, 0.5) is 0 Å². The van der Waals surface area contributed by atoms with E-state index in [1.54, 1.807) is 6.92 Å². The lowest BCUT2D eigenvalue weighted by Crippen LogP contribution is -1.89. The smallest absolute Gasteiger partial charge is 0.170 e. The summed E-state index contributed by atoms with van der Waals surface area (Å²) in [6.45, 7) is 1.59. The lowest BCUT2D eigenvalue weighted by atomic mass is 10.1. The Hall–Kier alpha value is -1.12. The number of carbonyl (C=O) groups excluding carboxylic acids is 1. The molecular formula is C12H9ClOS. The van der Waals surface area contributed by atoms with Crippen molar-refractivity contribution in [1.82, 2.24) is 0 Å². The van der Waals surface area contributed by atoms with Gasteiger partial charge in [0.25, 0.3) is 0 Å². The Balaban J connectivity index is 2.49. The quantitative estimate of drug-likeness (QED) is 0.712. The van der Waals surface area contributed by atoms with E-state index in [-0.39, 0.29) is 5.78 Å². The number of Topliss-reactive ketones (excluding diaryl/α,β-unsaturated/α-hetero) is 1. The van der Waals surface area contributed by atoms with Crippen LogP contribution in [0.5, 0.6) is 0 Å². The molecule has 0 fully saturated rings. The molecule has 0 bridgehead atoms. The SMILES string of the molecule is CC(=O)c1sccc1-c1ccc(Cl)cc1. The van der Waals surface area contributed by atoms with E-state index in [1.165, 1.54) is 11.3 Å². The van der Waals surface area contributed by atoms with Crippen molar-refractivity contribution < 1.29 is 4.79 Å². The van der Waals surface area contributed by atoms with Gasteiger partial charge in [-0.1, -0.05) is 23.7 Å². The first kappa shape index (κ1) is 10.4. The molecule has 0 N–H and O–H groups in total. The van der Waals surface area contributed by atoms with Crippen LogP contribution in [0, 0.1) is 0 Å². The minimum absolute atomic E-state index is 0.106. The Morgan fingerprint density at radius 1 is 1.20 bits per heavy atom. The highest BCUT2D eigenvalue weighted by atomic mass is 35.5. The third-order valence-corrected chi connectivity index (χ3v) is 3.41. The van der Waals surface area contributed by atoms with E-state index >= 15 is 0 Å². The summed E-state index contributed by atoms with van der Waals surface area (Å²) in [5, 5.41) is 2.64. The van der Waals surface area contributed by atoms with Gasteiger partial charge in [-0.25, -0.2) is 0 Å². The van der Waals surface area contributed by atoms with Crippen LogP contribution in [0.2, 0.25) is 5.02 Å². The van der Waals surface area contributed by atoms with E-state index in [0.29, 0.717) is 5.02 Å². The van der Waals surface area contributed by atoms with Gasteiger partial charge in [-0.05, 0) is 36.1 Å². The van der Waals surface area contributed by atoms with Gasteiger partial charge >= 0.3 is 0 Å². The Morgan fingerprint density at radius 3 is 2.47 bits per heavy atom. The van der Waals surface area contributed by atoms with Crippen molar-refractivity contribution in [3.63, 3.8) is 0 Å². The molecule has 0 aliphatic rings. The maximum atomic E-state index is 11.4. The second-order valence-electron chi connectivity index (χ2n) is 3.23. The monoisotopic (exact) mass is 236 g/mol. The second kappa shape index (κ2) is 4.17. The van der Waals surface area contributed by atoms with Crippen LogP contribution < -0.4 is 0 Å². The van der Waals surface area contributed by atoms with Gasteiger partial charge in [-0.3, -0.25) is 4.79 Å². The summed E-state index contributed by atoms with van der Waals surface area (Å²) >= 11 is 7.29. The fourth-order valence-electron chi connectivity index (χ4n) is 1.44. The Labute approximate surface area is 97.3 Å². The number of benzene rings is 1. The highest BCUT2D eigenvalue weighted by Gasteiger charge is 2.10. The van der Waals surface area contributed by atoms with Crippen molar-refractivity contribution in [2.45, 2.75) is 6.92 Å². The standard InChI is InChI=1S/C12H9ClOS/c1-8(14)12-11(6-7-15-12)9-2-4-10(13)5-3-9/h2-7H,1H3. The van der Waals surface area contributed by atoms with Crippen LogP contribution in [0.3, 0.4) is 0 Å². The van der Waals surface area contributed by atoms with Crippen molar-refractivity contribution in [1.29, 1.82) is 0 Å². The lowest BCUT2D eigenvalue weighted by Gasteiger charge is -2.00. The number of halogens is 1. The van der Waals surface area contributed by atoms with Crippen molar-refractivity contribution in [3.05, 3.63) is 45.6 Å². The molecule has 0 aliphatic carbocycles. The molecule has 1 nitrogen and oxygen atoms in total. The van der Waals surface area contributed by atoms with E-state index < -0.39 is 0 Å². The van der Waals surface area contributed by atoms with E-state index in [0.717, 1.165) is 16.0 Å². The molecule has 0 spiro atoms. The van der Waals surface area contributed by atoms with E-state index in [2.05, 4.69) is 0 Å². The molecule has 1 aromatic heterocycles. The van der Waals surface area contributed by atoms with Crippen LogP contribution in [0.15, 0.2) is 35.7 Å². The summed E-state index contributed by atoms with van der Waals surface area (Å²) in [6.07, 6.45) is 0. The predicted octanol–water partition coefficient (Wildman–Crippen LogP) is 4.27. The van der Waals surface area contributed by atoms with Crippen molar-refractivity contribution >= 4 is 28.7 Å². The molecule has 0 aliphatic heterocycles. The van der Waals surface area contributed by atoms with Crippen LogP contribution in [0.1, 0.15) is 16.6 Å². The Kier molecular flexibility index (Phi) is 2.89. The van der Waals surface area contributed by atoms with Crippen LogP contribution in [-0.2, 0) is 0 Å². The zero-order valence-electron chi connectivity index (χ0n) is 8.16. The number of carbonyl (C=O) groups is 1. The molecule has 0 saturated heterocycles. The molecule has 15 heavy (non-hydrogen) atoms. The predicted molar refractivity (Wildman–Crippen MR) is 64.8 cm³/mol. The lowest BCUT2D eigenvalue weighted by molar-refractivity contribution is 0.102. The first-order chi connectivity index (χ1) is 7.18. The number of hydrogen-bond acceptors (Lipinski definition) is 2. The van der Waals surface area contributed by atoms with Crippen molar-refractivity contribution in [2.24, 2.45) is 0 Å². The number of ketones is 1. The van der Waals surface area contributed by atoms with Gasteiger partial charge in [-0.2, -0.15) is 0 Å². The maximum absolute atomic E-state index is 11.4. The fraction of sp³-hybridized carbons (Fsp3) is 0.0833. The largest absolute Gasteiger partial charge is 0.294 e. The zero-order valence-corrected chi connectivity index (χ0v) is 9.73. The average molecular weight is 237 g/mol. The molecule has 2 aromatic rings. The van der Waals surface area contributed by atoms with E-state index in [9.17, 15) is 4.79 Å². The van der Waals surface area contributed by atoms with Gasteiger partial charge in [0.15, 0.2) is 5.78 Å². The summed E-state index contributed by atoms with van der Waals surface area (Å²) in [7, 11) is 0. The van der Waals surface area contributed by atoms with Crippen molar-refractivity contribution in [2.75, 3.05) is 0 Å². The molecule has 0 unspecified atom stereocenters. The maximum Gasteiger partial charge on any atom is 0.170 e. The molecule has 0 amide bonds. The normalized spacial score (nSPS) is 10.3. The molecule has 76 valence electrons. The highest BCUT2D eigenvalue weighted by Crippen LogP contribution is 2.29. The summed E-state index contributed by atoms with van der Waals surface area (Å²) in [6, 6.07) is 9.48. The highest BCUT2D eigenvalue weighted by molar-refractivity contribution is 7.12. The van der Waals surface area contributed by atoms with Gasteiger partial charge in [0.2, 0.25) is 0 Å². The summed E-state index contributed by atoms with van der Waals surface area (Å²) in [5.41, 5.74) is 2.02. The Bertz CT molecular complexity index is 485. The molecule has 3 heteroatoms. The van der Waals surface area contributed by atoms with Crippen LogP contribution in [0.25, 0.3) is 11.1 Å². The number of thiophene rings is 1. The van der Waals surface area contributed by atoms with Crippen molar-refractivity contribution in [3.8, 4) is 11.1 Å². The molecule has 1 aromatic carbocycles. The van der Waals surface area contributed by atoms with Gasteiger partial charge in [0.05, 0.1) is 4.88 Å². The minimum atomic E-state index is 0.106. The van der Waals surface area contributed by atoms with Gasteiger partial charge in [-0.15, -0.1) is 11.3 Å². The zero-order chi connectivity index (χ0) is 10.8. The molecule has 0 atom stereocenters. The average Bonchev–Trinajstić information content (AvgIpc) is 2.67. The topological polar surface area (TPSA) is 17.1 Å². The minimum Gasteiger partial charge on any atom is -0.294 e. The second-order valence-corrected chi connectivity index (χ2v) is 4.58. The first-order valence-corrected chi connectivity index (χ1v) is 5.78. The molecule has 0 radical (unpaired) electrons. The third-order valence-electron chi connectivity index (χ3n) is 2.14. The molecule has 1 heterocycles. The third kappa shape index (κ3) is 2.11. The van der Waals surface area contributed by atoms with Crippen LogP contribution in [-0.4, -0.2) is 5.78 Å². The van der Waals surface area contributed by atoms with Gasteiger partial charge in [0, 0.05) is 10.6 Å². The first-order valence-electron chi connectivity index (χ1n) is 4.53. The fourth-order valence-corrected chi connectivity index (χ4v) is 2.38. The summed E-state index contributed by atoms with van der Waals surface area (Å²) < 4.78 is 0. The molecular weight excluding hydrogens is 228 g/mol. The van der Waals surface area contributed by atoms with Gasteiger partial charge in [0.1, 0.15) is 0 Å². The van der Waals surface area contributed by atoms with Gasteiger partial charge < -0.3 is 0 Å². The summed E-state index contributed by atoms with van der Waals surface area (Å²) in [5.74, 6) is 0.106.